The predicted molar refractivity (Wildman–Crippen MR) is 90.7 cm³/mol. The number of ether oxygens (including phenoxy) is 1. The average molecular weight is 327 g/mol. The van der Waals surface area contributed by atoms with E-state index in [0.29, 0.717) is 5.56 Å². The molecule has 0 fully saturated rings. The Labute approximate surface area is 141 Å². The summed E-state index contributed by atoms with van der Waals surface area (Å²) < 4.78 is 5.25. The van der Waals surface area contributed by atoms with E-state index >= 15 is 0 Å². The van der Waals surface area contributed by atoms with Crippen molar-refractivity contribution in [2.45, 2.75) is 26.5 Å². The molecular formula is C19H21NO4. The highest BCUT2D eigenvalue weighted by Gasteiger charge is 2.31. The van der Waals surface area contributed by atoms with E-state index in [-0.39, 0.29) is 6.61 Å². The van der Waals surface area contributed by atoms with Gasteiger partial charge in [-0.1, -0.05) is 48.5 Å². The van der Waals surface area contributed by atoms with Crippen LogP contribution in [0, 0.1) is 13.8 Å². The van der Waals surface area contributed by atoms with Crippen LogP contribution in [0.2, 0.25) is 0 Å². The predicted octanol–water partition coefficient (Wildman–Crippen LogP) is 3.70. The maximum absolute atomic E-state index is 12.3. The lowest BCUT2D eigenvalue weighted by Gasteiger charge is -2.27. The standard InChI is InChI=1S/C19H21NO4/c1-13-8-7-9-14(2)16(13)17(18(21)22)20(3)19(23)24-12-15-10-5-4-6-11-15/h4-11,17H,12H2,1-3H3,(H,21,22). The van der Waals surface area contributed by atoms with E-state index in [1.165, 1.54) is 7.05 Å². The number of carbonyl (C=O) groups is 2. The molecule has 0 saturated heterocycles. The Hall–Kier alpha value is -2.82. The molecule has 0 aliphatic heterocycles. The zero-order chi connectivity index (χ0) is 17.7. The van der Waals surface area contributed by atoms with Gasteiger partial charge < -0.3 is 9.84 Å². The molecule has 0 saturated carbocycles. The maximum Gasteiger partial charge on any atom is 0.410 e. The minimum absolute atomic E-state index is 0.100. The number of amides is 1. The van der Waals surface area contributed by atoms with Crippen LogP contribution in [0.25, 0.3) is 0 Å². The summed E-state index contributed by atoms with van der Waals surface area (Å²) in [7, 11) is 1.44. The van der Waals surface area contributed by atoms with Gasteiger partial charge >= 0.3 is 12.1 Å². The number of carboxylic acid groups (broad SMARTS) is 1. The van der Waals surface area contributed by atoms with Crippen LogP contribution < -0.4 is 0 Å². The van der Waals surface area contributed by atoms with Crippen molar-refractivity contribution < 1.29 is 19.4 Å². The molecule has 2 rings (SSSR count). The van der Waals surface area contributed by atoms with Crippen molar-refractivity contribution in [1.29, 1.82) is 0 Å². The number of likely N-dealkylation sites (N-methyl/N-ethyl adjacent to an activating group) is 1. The second-order valence-electron chi connectivity index (χ2n) is 5.70. The molecule has 2 aromatic rings. The Kier molecular flexibility index (Phi) is 5.58. The summed E-state index contributed by atoms with van der Waals surface area (Å²) in [5, 5.41) is 9.63. The third-order valence-corrected chi connectivity index (χ3v) is 3.93. The summed E-state index contributed by atoms with van der Waals surface area (Å²) in [6.45, 7) is 3.77. The molecule has 126 valence electrons. The quantitative estimate of drug-likeness (QED) is 0.909. The first-order chi connectivity index (χ1) is 11.4. The minimum Gasteiger partial charge on any atom is -0.479 e. The second-order valence-corrected chi connectivity index (χ2v) is 5.70. The minimum atomic E-state index is -1.09. The first-order valence-electron chi connectivity index (χ1n) is 7.64. The summed E-state index contributed by atoms with van der Waals surface area (Å²) in [5.41, 5.74) is 3.11. The van der Waals surface area contributed by atoms with Gasteiger partial charge in [-0.15, -0.1) is 0 Å². The fourth-order valence-electron chi connectivity index (χ4n) is 2.67. The van der Waals surface area contributed by atoms with E-state index in [2.05, 4.69) is 0 Å². The van der Waals surface area contributed by atoms with Crippen LogP contribution in [0.15, 0.2) is 48.5 Å². The molecule has 0 heterocycles. The molecule has 0 aliphatic carbocycles. The molecule has 1 amide bonds. The highest BCUT2D eigenvalue weighted by molar-refractivity contribution is 5.82. The maximum atomic E-state index is 12.3. The number of aryl methyl sites for hydroxylation is 2. The summed E-state index contributed by atoms with van der Waals surface area (Å²) >= 11 is 0. The van der Waals surface area contributed by atoms with E-state index < -0.39 is 18.1 Å². The van der Waals surface area contributed by atoms with E-state index in [0.717, 1.165) is 21.6 Å². The number of rotatable bonds is 5. The van der Waals surface area contributed by atoms with Crippen molar-refractivity contribution in [2.75, 3.05) is 7.05 Å². The zero-order valence-corrected chi connectivity index (χ0v) is 14.0. The third-order valence-electron chi connectivity index (χ3n) is 3.93. The van der Waals surface area contributed by atoms with Gasteiger partial charge in [-0.05, 0) is 36.1 Å². The highest BCUT2D eigenvalue weighted by atomic mass is 16.6. The zero-order valence-electron chi connectivity index (χ0n) is 14.0. The van der Waals surface area contributed by atoms with Crippen LogP contribution in [0.5, 0.6) is 0 Å². The summed E-state index contributed by atoms with van der Waals surface area (Å²) in [6, 6.07) is 13.7. The number of carbonyl (C=O) groups excluding carboxylic acids is 1. The van der Waals surface area contributed by atoms with Gasteiger partial charge in [0.15, 0.2) is 6.04 Å². The van der Waals surface area contributed by atoms with Crippen molar-refractivity contribution in [2.24, 2.45) is 0 Å². The van der Waals surface area contributed by atoms with Gasteiger partial charge in [0.1, 0.15) is 6.61 Å². The molecule has 0 spiro atoms. The lowest BCUT2D eigenvalue weighted by Crippen LogP contribution is -2.37. The Morgan fingerprint density at radius 3 is 2.17 bits per heavy atom. The van der Waals surface area contributed by atoms with Crippen molar-refractivity contribution in [3.63, 3.8) is 0 Å². The van der Waals surface area contributed by atoms with Gasteiger partial charge in [0.2, 0.25) is 0 Å². The SMILES string of the molecule is Cc1cccc(C)c1C(C(=O)O)N(C)C(=O)OCc1ccccc1. The van der Waals surface area contributed by atoms with Crippen molar-refractivity contribution >= 4 is 12.1 Å². The number of aliphatic carboxylic acids is 1. The fraction of sp³-hybridized carbons (Fsp3) is 0.263. The van der Waals surface area contributed by atoms with Gasteiger partial charge in [-0.2, -0.15) is 0 Å². The molecule has 24 heavy (non-hydrogen) atoms. The summed E-state index contributed by atoms with van der Waals surface area (Å²) in [4.78, 5) is 25.2. The molecule has 5 nitrogen and oxygen atoms in total. The van der Waals surface area contributed by atoms with E-state index in [4.69, 9.17) is 4.74 Å². The molecule has 1 atom stereocenters. The Morgan fingerprint density at radius 2 is 1.62 bits per heavy atom. The Morgan fingerprint density at radius 1 is 1.04 bits per heavy atom. The molecule has 1 N–H and O–H groups in total. The normalized spacial score (nSPS) is 11.6. The van der Waals surface area contributed by atoms with Crippen LogP contribution in [0.4, 0.5) is 4.79 Å². The Bertz CT molecular complexity index is 707. The van der Waals surface area contributed by atoms with Crippen molar-refractivity contribution in [3.05, 3.63) is 70.8 Å². The van der Waals surface area contributed by atoms with Gasteiger partial charge in [0.25, 0.3) is 0 Å². The van der Waals surface area contributed by atoms with Gasteiger partial charge in [0.05, 0.1) is 0 Å². The molecule has 0 bridgehead atoms. The third kappa shape index (κ3) is 3.93. The lowest BCUT2D eigenvalue weighted by atomic mass is 9.95. The first kappa shape index (κ1) is 17.5. The van der Waals surface area contributed by atoms with E-state index in [9.17, 15) is 14.7 Å². The molecule has 2 aromatic carbocycles. The average Bonchev–Trinajstić information content (AvgIpc) is 2.56. The van der Waals surface area contributed by atoms with Crippen LogP contribution in [0.1, 0.15) is 28.3 Å². The number of benzene rings is 2. The van der Waals surface area contributed by atoms with Gasteiger partial charge in [-0.25, -0.2) is 9.59 Å². The first-order valence-corrected chi connectivity index (χ1v) is 7.64. The van der Waals surface area contributed by atoms with E-state index in [1.807, 2.05) is 62.4 Å². The van der Waals surface area contributed by atoms with Crippen molar-refractivity contribution in [1.82, 2.24) is 4.90 Å². The largest absolute Gasteiger partial charge is 0.479 e. The summed E-state index contributed by atoms with van der Waals surface area (Å²) in [6.07, 6.45) is -0.672. The molecule has 5 heteroatoms. The van der Waals surface area contributed by atoms with Crippen LogP contribution in [-0.2, 0) is 16.1 Å². The number of hydrogen-bond acceptors (Lipinski definition) is 3. The molecule has 1 unspecified atom stereocenters. The second kappa shape index (κ2) is 7.64. The number of hydrogen-bond donors (Lipinski definition) is 1. The van der Waals surface area contributed by atoms with Crippen LogP contribution in [-0.4, -0.2) is 29.1 Å². The summed E-state index contributed by atoms with van der Waals surface area (Å²) in [5.74, 6) is -1.09. The number of carboxylic acids is 1. The van der Waals surface area contributed by atoms with Gasteiger partial charge in [-0.3, -0.25) is 4.90 Å². The van der Waals surface area contributed by atoms with Crippen molar-refractivity contribution in [3.8, 4) is 0 Å². The molecular weight excluding hydrogens is 306 g/mol. The lowest BCUT2D eigenvalue weighted by molar-refractivity contribution is -0.142. The molecule has 0 radical (unpaired) electrons. The highest BCUT2D eigenvalue weighted by Crippen LogP contribution is 2.27. The van der Waals surface area contributed by atoms with E-state index in [1.54, 1.807) is 0 Å². The monoisotopic (exact) mass is 327 g/mol. The molecule has 0 aromatic heterocycles. The fourth-order valence-corrected chi connectivity index (χ4v) is 2.67. The molecule has 0 aliphatic rings. The van der Waals surface area contributed by atoms with Crippen LogP contribution >= 0.6 is 0 Å². The van der Waals surface area contributed by atoms with Gasteiger partial charge in [0, 0.05) is 7.05 Å². The Balaban J connectivity index is 2.18. The smallest absolute Gasteiger partial charge is 0.410 e. The number of nitrogens with zero attached hydrogens (tertiary/aromatic N) is 1. The van der Waals surface area contributed by atoms with Crippen LogP contribution in [0.3, 0.4) is 0 Å². The topological polar surface area (TPSA) is 66.8 Å².